The quantitative estimate of drug-likeness (QED) is 0.508. The molecule has 3 rings (SSSR count). The van der Waals surface area contributed by atoms with Crippen molar-refractivity contribution in [2.75, 3.05) is 0 Å². The van der Waals surface area contributed by atoms with Crippen molar-refractivity contribution in [1.82, 2.24) is 4.57 Å². The Morgan fingerprint density at radius 2 is 1.68 bits per heavy atom. The minimum Gasteiger partial charge on any atom is -0.343 e. The molecule has 0 saturated heterocycles. The second kappa shape index (κ2) is 5.31. The van der Waals surface area contributed by atoms with Crippen LogP contribution in [0.25, 0.3) is 10.9 Å². The van der Waals surface area contributed by atoms with Crippen LogP contribution in [0.1, 0.15) is 5.56 Å². The molecular formula is C15H10Br2ClN. The molecule has 3 aromatic rings. The van der Waals surface area contributed by atoms with E-state index in [4.69, 9.17) is 11.6 Å². The van der Waals surface area contributed by atoms with Gasteiger partial charge in [-0.15, -0.1) is 0 Å². The predicted octanol–water partition coefficient (Wildman–Crippen LogP) is 5.87. The van der Waals surface area contributed by atoms with E-state index < -0.39 is 0 Å². The van der Waals surface area contributed by atoms with Gasteiger partial charge in [-0.1, -0.05) is 55.6 Å². The Kier molecular flexibility index (Phi) is 3.70. The molecule has 0 unspecified atom stereocenters. The van der Waals surface area contributed by atoms with E-state index in [-0.39, 0.29) is 0 Å². The molecular weight excluding hydrogens is 389 g/mol. The minimum atomic E-state index is 0.770. The molecule has 0 fully saturated rings. The number of hydrogen-bond acceptors (Lipinski definition) is 0. The van der Waals surface area contributed by atoms with Crippen LogP contribution in [-0.4, -0.2) is 4.57 Å². The molecule has 19 heavy (non-hydrogen) atoms. The molecule has 0 spiro atoms. The largest absolute Gasteiger partial charge is 0.343 e. The van der Waals surface area contributed by atoms with Gasteiger partial charge >= 0.3 is 0 Å². The first-order valence-corrected chi connectivity index (χ1v) is 7.78. The van der Waals surface area contributed by atoms with Gasteiger partial charge in [0.2, 0.25) is 0 Å². The molecule has 0 aliphatic rings. The summed E-state index contributed by atoms with van der Waals surface area (Å²) in [7, 11) is 0. The zero-order chi connectivity index (χ0) is 13.4. The lowest BCUT2D eigenvalue weighted by Gasteiger charge is -2.08. The normalized spacial score (nSPS) is 11.1. The van der Waals surface area contributed by atoms with Gasteiger partial charge in [-0.3, -0.25) is 0 Å². The molecule has 0 amide bonds. The van der Waals surface area contributed by atoms with E-state index in [1.807, 2.05) is 12.1 Å². The van der Waals surface area contributed by atoms with Gasteiger partial charge < -0.3 is 4.57 Å². The van der Waals surface area contributed by atoms with Gasteiger partial charge in [0.25, 0.3) is 0 Å². The average molecular weight is 400 g/mol. The summed E-state index contributed by atoms with van der Waals surface area (Å²) in [4.78, 5) is 0. The molecule has 1 heterocycles. The summed E-state index contributed by atoms with van der Waals surface area (Å²) < 4.78 is 4.29. The smallest absolute Gasteiger partial charge is 0.0494 e. The Hall–Kier alpha value is -0.770. The Morgan fingerprint density at radius 1 is 0.947 bits per heavy atom. The average Bonchev–Trinajstić information content (AvgIpc) is 2.75. The third kappa shape index (κ3) is 2.73. The van der Waals surface area contributed by atoms with Crippen molar-refractivity contribution < 1.29 is 0 Å². The fourth-order valence-electron chi connectivity index (χ4n) is 2.13. The number of benzene rings is 2. The molecule has 0 bridgehead atoms. The van der Waals surface area contributed by atoms with Gasteiger partial charge in [0.15, 0.2) is 0 Å². The second-order valence-corrected chi connectivity index (χ2v) is 6.62. The third-order valence-corrected chi connectivity index (χ3v) is 4.43. The number of aromatic nitrogens is 1. The van der Waals surface area contributed by atoms with Gasteiger partial charge in [0, 0.05) is 32.2 Å². The summed E-state index contributed by atoms with van der Waals surface area (Å²) in [6.07, 6.45) is 2.09. The standard InChI is InChI=1S/C15H10Br2ClN/c16-12-4-2-11(14(18)7-12)9-19-6-5-10-1-3-13(17)8-15(10)19/h1-8H,9H2. The first kappa shape index (κ1) is 13.2. The molecule has 0 N–H and O–H groups in total. The summed E-state index contributed by atoms with van der Waals surface area (Å²) in [5.74, 6) is 0. The van der Waals surface area contributed by atoms with Crippen LogP contribution in [0.2, 0.25) is 5.02 Å². The van der Waals surface area contributed by atoms with E-state index in [1.165, 1.54) is 10.9 Å². The summed E-state index contributed by atoms with van der Waals surface area (Å²) in [5.41, 5.74) is 2.32. The van der Waals surface area contributed by atoms with Crippen LogP contribution >= 0.6 is 43.5 Å². The van der Waals surface area contributed by atoms with Crippen molar-refractivity contribution >= 4 is 54.4 Å². The monoisotopic (exact) mass is 397 g/mol. The molecule has 0 atom stereocenters. The van der Waals surface area contributed by atoms with Gasteiger partial charge in [0.1, 0.15) is 0 Å². The fourth-order valence-corrected chi connectivity index (χ4v) is 3.21. The SMILES string of the molecule is Clc1cc(Br)ccc1Cn1ccc2ccc(Br)cc21. The summed E-state index contributed by atoms with van der Waals surface area (Å²) in [6, 6.07) is 14.4. The number of halogens is 3. The van der Waals surface area contributed by atoms with E-state index in [1.54, 1.807) is 0 Å². The van der Waals surface area contributed by atoms with Gasteiger partial charge in [-0.25, -0.2) is 0 Å². The van der Waals surface area contributed by atoms with Gasteiger partial charge in [-0.05, 0) is 41.3 Å². The molecule has 0 aliphatic carbocycles. The molecule has 0 saturated carbocycles. The molecule has 2 aromatic carbocycles. The van der Waals surface area contributed by atoms with Gasteiger partial charge in [-0.2, -0.15) is 0 Å². The maximum absolute atomic E-state index is 6.28. The maximum atomic E-state index is 6.28. The van der Waals surface area contributed by atoms with Crippen molar-refractivity contribution in [3.63, 3.8) is 0 Å². The first-order chi connectivity index (χ1) is 9.13. The van der Waals surface area contributed by atoms with Crippen molar-refractivity contribution in [2.45, 2.75) is 6.54 Å². The minimum absolute atomic E-state index is 0.770. The van der Waals surface area contributed by atoms with Crippen molar-refractivity contribution in [1.29, 1.82) is 0 Å². The van der Waals surface area contributed by atoms with Crippen LogP contribution in [0.4, 0.5) is 0 Å². The van der Waals surface area contributed by atoms with Crippen LogP contribution in [-0.2, 0) is 6.54 Å². The molecule has 0 aliphatic heterocycles. The number of rotatable bonds is 2. The van der Waals surface area contributed by atoms with Crippen LogP contribution in [0.15, 0.2) is 57.6 Å². The highest BCUT2D eigenvalue weighted by Gasteiger charge is 2.05. The Bertz CT molecular complexity index is 749. The van der Waals surface area contributed by atoms with E-state index in [2.05, 4.69) is 73.0 Å². The predicted molar refractivity (Wildman–Crippen MR) is 87.9 cm³/mol. The summed E-state index contributed by atoms with van der Waals surface area (Å²) in [6.45, 7) is 0.770. The molecule has 96 valence electrons. The van der Waals surface area contributed by atoms with E-state index >= 15 is 0 Å². The number of hydrogen-bond donors (Lipinski definition) is 0. The van der Waals surface area contributed by atoms with E-state index in [9.17, 15) is 0 Å². The van der Waals surface area contributed by atoms with Crippen molar-refractivity contribution in [2.24, 2.45) is 0 Å². The van der Waals surface area contributed by atoms with Crippen molar-refractivity contribution in [3.05, 3.63) is 68.2 Å². The van der Waals surface area contributed by atoms with Crippen LogP contribution in [0.3, 0.4) is 0 Å². The van der Waals surface area contributed by atoms with E-state index in [0.29, 0.717) is 0 Å². The Morgan fingerprint density at radius 3 is 2.47 bits per heavy atom. The Labute approximate surface area is 133 Å². The maximum Gasteiger partial charge on any atom is 0.0494 e. The van der Waals surface area contributed by atoms with E-state index in [0.717, 1.165) is 26.1 Å². The Balaban J connectivity index is 2.03. The topological polar surface area (TPSA) is 4.93 Å². The fraction of sp³-hybridized carbons (Fsp3) is 0.0667. The zero-order valence-corrected chi connectivity index (χ0v) is 13.8. The molecule has 0 radical (unpaired) electrons. The third-order valence-electron chi connectivity index (χ3n) is 3.09. The summed E-state index contributed by atoms with van der Waals surface area (Å²) in [5, 5.41) is 2.02. The zero-order valence-electron chi connectivity index (χ0n) is 9.91. The first-order valence-electron chi connectivity index (χ1n) is 5.82. The summed E-state index contributed by atoms with van der Waals surface area (Å²) >= 11 is 13.2. The molecule has 4 heteroatoms. The number of nitrogens with zero attached hydrogens (tertiary/aromatic N) is 1. The van der Waals surface area contributed by atoms with Crippen LogP contribution in [0.5, 0.6) is 0 Å². The molecule has 1 aromatic heterocycles. The highest BCUT2D eigenvalue weighted by Crippen LogP contribution is 2.25. The second-order valence-electron chi connectivity index (χ2n) is 4.38. The van der Waals surface area contributed by atoms with Crippen LogP contribution in [0, 0.1) is 0 Å². The molecule has 1 nitrogen and oxygen atoms in total. The highest BCUT2D eigenvalue weighted by molar-refractivity contribution is 9.10. The lowest BCUT2D eigenvalue weighted by Crippen LogP contribution is -1.98. The van der Waals surface area contributed by atoms with Crippen molar-refractivity contribution in [3.8, 4) is 0 Å². The van der Waals surface area contributed by atoms with Crippen LogP contribution < -0.4 is 0 Å². The highest BCUT2D eigenvalue weighted by atomic mass is 79.9. The lowest BCUT2D eigenvalue weighted by molar-refractivity contribution is 0.836. The number of fused-ring (bicyclic) bond motifs is 1. The lowest BCUT2D eigenvalue weighted by atomic mass is 10.2. The van der Waals surface area contributed by atoms with Gasteiger partial charge in [0.05, 0.1) is 0 Å².